The Hall–Kier alpha value is -0.0800. The number of likely N-dealkylation sites (N-methyl/N-ethyl adjacent to an activating group) is 1. The molecule has 0 aromatic heterocycles. The molecule has 2 heterocycles. The predicted molar refractivity (Wildman–Crippen MR) is 51.3 cm³/mol. The minimum absolute atomic E-state index is 0.875. The lowest BCUT2D eigenvalue weighted by Crippen LogP contribution is -2.35. The third kappa shape index (κ3) is 1.64. The Balaban J connectivity index is 1.85. The molecule has 0 amide bonds. The minimum Gasteiger partial charge on any atom is -0.305 e. The number of hydrogen-bond donors (Lipinski definition) is 0. The van der Waals surface area contributed by atoms with E-state index in [4.69, 9.17) is 0 Å². The van der Waals surface area contributed by atoms with Gasteiger partial charge in [-0.2, -0.15) is 0 Å². The Labute approximate surface area is 75.5 Å². The Morgan fingerprint density at radius 2 is 1.92 bits per heavy atom. The average Bonchev–Trinajstić information content (AvgIpc) is 2.58. The van der Waals surface area contributed by atoms with Crippen molar-refractivity contribution in [3.8, 4) is 0 Å². The summed E-state index contributed by atoms with van der Waals surface area (Å²) in [6.45, 7) is 7.67. The van der Waals surface area contributed by atoms with Crippen LogP contribution in [0.15, 0.2) is 0 Å². The molecule has 2 aliphatic heterocycles. The van der Waals surface area contributed by atoms with Crippen LogP contribution in [0.1, 0.15) is 19.8 Å². The molecule has 2 rings (SSSR count). The van der Waals surface area contributed by atoms with E-state index in [1.54, 1.807) is 0 Å². The molecule has 0 spiro atoms. The maximum absolute atomic E-state index is 2.69. The Morgan fingerprint density at radius 3 is 2.42 bits per heavy atom. The predicted octanol–water partition coefficient (Wildman–Crippen LogP) is 1.03. The van der Waals surface area contributed by atoms with E-state index in [9.17, 15) is 0 Å². The van der Waals surface area contributed by atoms with Crippen LogP contribution in [0.2, 0.25) is 0 Å². The van der Waals surface area contributed by atoms with Gasteiger partial charge in [0, 0.05) is 19.1 Å². The number of hydrogen-bond acceptors (Lipinski definition) is 2. The second kappa shape index (κ2) is 3.35. The van der Waals surface area contributed by atoms with Crippen LogP contribution in [0.25, 0.3) is 0 Å². The molecule has 70 valence electrons. The minimum atomic E-state index is 0.875. The molecule has 0 saturated carbocycles. The highest BCUT2D eigenvalue weighted by Crippen LogP contribution is 2.22. The zero-order chi connectivity index (χ0) is 8.55. The fraction of sp³-hybridized carbons (Fsp3) is 1.00. The molecule has 2 nitrogen and oxygen atoms in total. The standard InChI is InChI=1S/C10H20N2/c1-9-3-6-12(7-9)10-4-5-11(2)8-10/h9-10H,3-8H2,1-2H3/t9-,10?/m1/s1. The molecule has 2 aliphatic rings. The first kappa shape index (κ1) is 8.52. The fourth-order valence-electron chi connectivity index (χ4n) is 2.51. The molecule has 2 fully saturated rings. The van der Waals surface area contributed by atoms with Crippen molar-refractivity contribution < 1.29 is 0 Å². The highest BCUT2D eigenvalue weighted by Gasteiger charge is 2.29. The summed E-state index contributed by atoms with van der Waals surface area (Å²) in [5, 5.41) is 0. The first-order chi connectivity index (χ1) is 5.75. The molecular weight excluding hydrogens is 148 g/mol. The van der Waals surface area contributed by atoms with Gasteiger partial charge >= 0.3 is 0 Å². The second-order valence-electron chi connectivity index (χ2n) is 4.59. The molecule has 0 radical (unpaired) electrons. The molecule has 2 atom stereocenters. The third-order valence-corrected chi connectivity index (χ3v) is 3.34. The fourth-order valence-corrected chi connectivity index (χ4v) is 2.51. The van der Waals surface area contributed by atoms with Gasteiger partial charge in [-0.1, -0.05) is 6.92 Å². The highest BCUT2D eigenvalue weighted by atomic mass is 15.2. The van der Waals surface area contributed by atoms with Gasteiger partial charge < -0.3 is 4.90 Å². The van der Waals surface area contributed by atoms with E-state index < -0.39 is 0 Å². The third-order valence-electron chi connectivity index (χ3n) is 3.34. The van der Waals surface area contributed by atoms with Crippen LogP contribution in [0.3, 0.4) is 0 Å². The van der Waals surface area contributed by atoms with Crippen molar-refractivity contribution >= 4 is 0 Å². The summed E-state index contributed by atoms with van der Waals surface area (Å²) in [7, 11) is 2.24. The zero-order valence-corrected chi connectivity index (χ0v) is 8.29. The topological polar surface area (TPSA) is 6.48 Å². The molecule has 0 bridgehead atoms. The van der Waals surface area contributed by atoms with E-state index in [0.29, 0.717) is 0 Å². The molecular formula is C10H20N2. The Kier molecular flexibility index (Phi) is 2.37. The van der Waals surface area contributed by atoms with Crippen molar-refractivity contribution in [1.82, 2.24) is 9.80 Å². The van der Waals surface area contributed by atoms with Gasteiger partial charge in [-0.25, -0.2) is 0 Å². The van der Waals surface area contributed by atoms with Crippen molar-refractivity contribution in [2.75, 3.05) is 33.2 Å². The highest BCUT2D eigenvalue weighted by molar-refractivity contribution is 4.85. The van der Waals surface area contributed by atoms with Crippen LogP contribution in [-0.2, 0) is 0 Å². The van der Waals surface area contributed by atoms with E-state index in [-0.39, 0.29) is 0 Å². The smallest absolute Gasteiger partial charge is 0.0235 e. The van der Waals surface area contributed by atoms with E-state index in [2.05, 4.69) is 23.8 Å². The van der Waals surface area contributed by atoms with Gasteiger partial charge in [0.25, 0.3) is 0 Å². The summed E-state index contributed by atoms with van der Waals surface area (Å²) in [6, 6.07) is 0.875. The van der Waals surface area contributed by atoms with Gasteiger partial charge in [0.2, 0.25) is 0 Å². The van der Waals surface area contributed by atoms with E-state index in [1.165, 1.54) is 39.0 Å². The summed E-state index contributed by atoms with van der Waals surface area (Å²) in [4.78, 5) is 5.14. The van der Waals surface area contributed by atoms with E-state index in [0.717, 1.165) is 12.0 Å². The molecule has 2 saturated heterocycles. The first-order valence-electron chi connectivity index (χ1n) is 5.18. The lowest BCUT2D eigenvalue weighted by molar-refractivity contribution is 0.236. The SMILES string of the molecule is C[C@@H]1CCN(C2CCN(C)C2)C1. The van der Waals surface area contributed by atoms with Gasteiger partial charge in [-0.05, 0) is 38.9 Å². The van der Waals surface area contributed by atoms with Crippen LogP contribution in [0.5, 0.6) is 0 Å². The maximum Gasteiger partial charge on any atom is 0.0235 e. The first-order valence-corrected chi connectivity index (χ1v) is 5.18. The lowest BCUT2D eigenvalue weighted by atomic mass is 10.2. The van der Waals surface area contributed by atoms with Crippen LogP contribution >= 0.6 is 0 Å². The summed E-state index contributed by atoms with van der Waals surface area (Å²) in [6.07, 6.45) is 2.81. The molecule has 0 aliphatic carbocycles. The van der Waals surface area contributed by atoms with Gasteiger partial charge in [-0.3, -0.25) is 4.90 Å². The van der Waals surface area contributed by atoms with Gasteiger partial charge in [-0.15, -0.1) is 0 Å². The number of nitrogens with zero attached hydrogens (tertiary/aromatic N) is 2. The molecule has 0 aromatic rings. The summed E-state index contributed by atoms with van der Waals surface area (Å²) >= 11 is 0. The normalized spacial score (nSPS) is 39.5. The van der Waals surface area contributed by atoms with Crippen LogP contribution in [0, 0.1) is 5.92 Å². The van der Waals surface area contributed by atoms with Gasteiger partial charge in [0.15, 0.2) is 0 Å². The van der Waals surface area contributed by atoms with Gasteiger partial charge in [0.05, 0.1) is 0 Å². The van der Waals surface area contributed by atoms with Crippen LogP contribution in [0.4, 0.5) is 0 Å². The number of likely N-dealkylation sites (tertiary alicyclic amines) is 2. The molecule has 2 heteroatoms. The summed E-state index contributed by atoms with van der Waals surface area (Å²) < 4.78 is 0. The van der Waals surface area contributed by atoms with Crippen molar-refractivity contribution in [1.29, 1.82) is 0 Å². The maximum atomic E-state index is 2.69. The largest absolute Gasteiger partial charge is 0.305 e. The molecule has 0 aromatic carbocycles. The summed E-state index contributed by atoms with van der Waals surface area (Å²) in [5.74, 6) is 0.941. The molecule has 1 unspecified atom stereocenters. The van der Waals surface area contributed by atoms with Crippen molar-refractivity contribution in [3.63, 3.8) is 0 Å². The Morgan fingerprint density at radius 1 is 1.08 bits per heavy atom. The number of rotatable bonds is 1. The van der Waals surface area contributed by atoms with Gasteiger partial charge in [0.1, 0.15) is 0 Å². The van der Waals surface area contributed by atoms with Crippen LogP contribution in [-0.4, -0.2) is 49.1 Å². The molecule has 12 heavy (non-hydrogen) atoms. The van der Waals surface area contributed by atoms with Crippen molar-refractivity contribution in [2.45, 2.75) is 25.8 Å². The Bertz CT molecular complexity index is 140. The van der Waals surface area contributed by atoms with E-state index >= 15 is 0 Å². The second-order valence-corrected chi connectivity index (χ2v) is 4.59. The van der Waals surface area contributed by atoms with Crippen molar-refractivity contribution in [2.24, 2.45) is 5.92 Å². The van der Waals surface area contributed by atoms with Crippen molar-refractivity contribution in [3.05, 3.63) is 0 Å². The lowest BCUT2D eigenvalue weighted by Gasteiger charge is -2.23. The zero-order valence-electron chi connectivity index (χ0n) is 8.29. The quantitative estimate of drug-likeness (QED) is 0.577. The monoisotopic (exact) mass is 168 g/mol. The summed E-state index contributed by atoms with van der Waals surface area (Å²) in [5.41, 5.74) is 0. The van der Waals surface area contributed by atoms with Crippen LogP contribution < -0.4 is 0 Å². The molecule has 0 N–H and O–H groups in total. The average molecular weight is 168 g/mol. The van der Waals surface area contributed by atoms with E-state index in [1.807, 2.05) is 0 Å².